The third-order valence-corrected chi connectivity index (χ3v) is 5.26. The molecule has 114 valence electrons. The highest BCUT2D eigenvalue weighted by Crippen LogP contribution is 2.57. The Morgan fingerprint density at radius 2 is 1.61 bits per heavy atom. The lowest BCUT2D eigenvalue weighted by Gasteiger charge is -2.20. The molecular weight excluding hydrogens is 288 g/mol. The summed E-state index contributed by atoms with van der Waals surface area (Å²) in [5.41, 5.74) is 3.20. The maximum absolute atomic E-state index is 13.0. The van der Waals surface area contributed by atoms with Gasteiger partial charge in [-0.3, -0.25) is 9.59 Å². The van der Waals surface area contributed by atoms with Crippen molar-refractivity contribution >= 4 is 17.5 Å². The molecule has 1 saturated heterocycles. The molecule has 4 nitrogen and oxygen atoms in total. The van der Waals surface area contributed by atoms with Gasteiger partial charge in [-0.15, -0.1) is 0 Å². The van der Waals surface area contributed by atoms with Crippen molar-refractivity contribution in [1.29, 1.82) is 5.26 Å². The van der Waals surface area contributed by atoms with Gasteiger partial charge in [0.1, 0.15) is 6.07 Å². The summed E-state index contributed by atoms with van der Waals surface area (Å²) in [7, 11) is 0. The van der Waals surface area contributed by atoms with E-state index in [1.807, 2.05) is 13.8 Å². The summed E-state index contributed by atoms with van der Waals surface area (Å²) in [6.07, 6.45) is 4.14. The van der Waals surface area contributed by atoms with Crippen molar-refractivity contribution < 1.29 is 9.59 Å². The number of carbonyl (C=O) groups excluding carboxylic acids is 2. The fraction of sp³-hybridized carbons (Fsp3) is 0.316. The summed E-state index contributed by atoms with van der Waals surface area (Å²) >= 11 is 0. The molecule has 0 N–H and O–H groups in total. The third kappa shape index (κ3) is 1.65. The van der Waals surface area contributed by atoms with E-state index in [1.54, 1.807) is 24.3 Å². The number of anilines is 1. The average molecular weight is 304 g/mol. The number of rotatable bonds is 1. The number of para-hydroxylation sites is 1. The Balaban J connectivity index is 1.81. The van der Waals surface area contributed by atoms with Gasteiger partial charge in [0.2, 0.25) is 11.8 Å². The minimum atomic E-state index is -0.311. The molecule has 3 aliphatic rings. The summed E-state index contributed by atoms with van der Waals surface area (Å²) in [5.74, 6) is -0.892. The zero-order valence-electron chi connectivity index (χ0n) is 13.0. The number of carbonyl (C=O) groups is 2. The Morgan fingerprint density at radius 1 is 1.04 bits per heavy atom. The van der Waals surface area contributed by atoms with Crippen molar-refractivity contribution in [3.05, 3.63) is 53.1 Å². The van der Waals surface area contributed by atoms with Crippen LogP contribution in [0.25, 0.3) is 0 Å². The van der Waals surface area contributed by atoms with Gasteiger partial charge in [-0.1, -0.05) is 35.4 Å². The van der Waals surface area contributed by atoms with Gasteiger partial charge in [0.25, 0.3) is 0 Å². The van der Waals surface area contributed by atoms with Crippen LogP contribution in [0.3, 0.4) is 0 Å². The van der Waals surface area contributed by atoms with Crippen LogP contribution in [0.1, 0.15) is 19.4 Å². The van der Waals surface area contributed by atoms with Crippen molar-refractivity contribution in [3.8, 4) is 6.07 Å². The second kappa shape index (κ2) is 4.66. The van der Waals surface area contributed by atoms with E-state index in [0.717, 1.165) is 0 Å². The zero-order valence-corrected chi connectivity index (χ0v) is 13.0. The maximum Gasteiger partial charge on any atom is 0.238 e. The van der Waals surface area contributed by atoms with Crippen LogP contribution in [0, 0.1) is 35.0 Å². The molecule has 0 spiro atoms. The van der Waals surface area contributed by atoms with Crippen LogP contribution in [0.15, 0.2) is 47.6 Å². The Labute approximate surface area is 134 Å². The van der Waals surface area contributed by atoms with Gasteiger partial charge in [0.15, 0.2) is 0 Å². The predicted octanol–water partition coefficient (Wildman–Crippen LogP) is 2.82. The lowest BCUT2D eigenvalue weighted by molar-refractivity contribution is -0.122. The van der Waals surface area contributed by atoms with Crippen molar-refractivity contribution in [2.24, 2.45) is 23.7 Å². The van der Waals surface area contributed by atoms with Crippen molar-refractivity contribution in [2.75, 3.05) is 4.90 Å². The van der Waals surface area contributed by atoms with Crippen LogP contribution >= 0.6 is 0 Å². The van der Waals surface area contributed by atoms with Gasteiger partial charge in [0.05, 0.1) is 23.1 Å². The van der Waals surface area contributed by atoms with Crippen molar-refractivity contribution in [3.63, 3.8) is 0 Å². The first-order valence-corrected chi connectivity index (χ1v) is 7.78. The number of hydrogen-bond donors (Lipinski definition) is 0. The number of fused-ring (bicyclic) bond motifs is 5. The van der Waals surface area contributed by atoms with Gasteiger partial charge in [-0.05, 0) is 26.0 Å². The molecule has 2 bridgehead atoms. The molecular formula is C19H16N2O2. The number of hydrogen-bond acceptors (Lipinski definition) is 3. The standard InChI is InChI=1S/C19H16N2O2/c1-10(2)15-12-7-8-13(15)17-16(12)18(22)21(19(17)23)14-6-4-3-5-11(14)9-20/h3-8,12-13,16-17H,1-2H3. The van der Waals surface area contributed by atoms with Crippen LogP contribution in [0.2, 0.25) is 0 Å². The lowest BCUT2D eigenvalue weighted by Crippen LogP contribution is -2.33. The summed E-state index contributed by atoms with van der Waals surface area (Å²) in [6.45, 7) is 4.09. The predicted molar refractivity (Wildman–Crippen MR) is 85.1 cm³/mol. The van der Waals surface area contributed by atoms with Gasteiger partial charge in [0, 0.05) is 11.8 Å². The molecule has 1 saturated carbocycles. The molecule has 1 aliphatic heterocycles. The zero-order chi connectivity index (χ0) is 16.3. The maximum atomic E-state index is 13.0. The SMILES string of the molecule is CC(C)=C1C2C=CC1C1C(=O)N(c3ccccc3C#N)C(=O)C21. The molecule has 0 radical (unpaired) electrons. The quantitative estimate of drug-likeness (QED) is 0.592. The van der Waals surface area contributed by atoms with E-state index in [0.29, 0.717) is 11.3 Å². The van der Waals surface area contributed by atoms with E-state index < -0.39 is 0 Å². The molecule has 4 heteroatoms. The Bertz CT molecular complexity index is 805. The second-order valence-corrected chi connectivity index (χ2v) is 6.58. The molecule has 2 fully saturated rings. The number of nitrogens with zero attached hydrogens (tertiary/aromatic N) is 2. The lowest BCUT2D eigenvalue weighted by atomic mass is 9.85. The molecule has 1 aromatic rings. The Hall–Kier alpha value is -2.67. The van der Waals surface area contributed by atoms with Gasteiger partial charge < -0.3 is 0 Å². The van der Waals surface area contributed by atoms with Crippen LogP contribution in [-0.2, 0) is 9.59 Å². The first-order chi connectivity index (χ1) is 11.1. The number of amides is 2. The van der Waals surface area contributed by atoms with Crippen molar-refractivity contribution in [2.45, 2.75) is 13.8 Å². The summed E-state index contributed by atoms with van der Waals surface area (Å²) in [5, 5.41) is 9.27. The Morgan fingerprint density at radius 3 is 2.13 bits per heavy atom. The third-order valence-electron chi connectivity index (χ3n) is 5.26. The highest BCUT2D eigenvalue weighted by molar-refractivity contribution is 6.23. The van der Waals surface area contributed by atoms with E-state index in [1.165, 1.54) is 16.0 Å². The minimum Gasteiger partial charge on any atom is -0.274 e. The number of benzene rings is 1. The summed E-state index contributed by atoms with van der Waals surface area (Å²) in [4.78, 5) is 27.2. The molecule has 4 atom stereocenters. The molecule has 23 heavy (non-hydrogen) atoms. The van der Waals surface area contributed by atoms with Crippen LogP contribution in [-0.4, -0.2) is 11.8 Å². The molecule has 2 amide bonds. The van der Waals surface area contributed by atoms with Crippen LogP contribution in [0.4, 0.5) is 5.69 Å². The summed E-state index contributed by atoms with van der Waals surface area (Å²) < 4.78 is 0. The summed E-state index contributed by atoms with van der Waals surface area (Å²) in [6, 6.07) is 8.87. The monoisotopic (exact) mass is 304 g/mol. The average Bonchev–Trinajstić information content (AvgIpc) is 3.18. The smallest absolute Gasteiger partial charge is 0.238 e. The van der Waals surface area contributed by atoms with E-state index in [-0.39, 0.29) is 35.5 Å². The second-order valence-electron chi connectivity index (χ2n) is 6.58. The fourth-order valence-corrected chi connectivity index (χ4v) is 4.43. The van der Waals surface area contributed by atoms with E-state index >= 15 is 0 Å². The van der Waals surface area contributed by atoms with Gasteiger partial charge in [-0.25, -0.2) is 4.90 Å². The van der Waals surface area contributed by atoms with Gasteiger partial charge in [-0.2, -0.15) is 5.26 Å². The van der Waals surface area contributed by atoms with E-state index in [9.17, 15) is 14.9 Å². The number of allylic oxidation sites excluding steroid dienone is 4. The highest BCUT2D eigenvalue weighted by Gasteiger charge is 2.62. The van der Waals surface area contributed by atoms with E-state index in [4.69, 9.17) is 0 Å². The molecule has 1 aromatic carbocycles. The molecule has 2 aliphatic carbocycles. The molecule has 4 unspecified atom stereocenters. The fourth-order valence-electron chi connectivity index (χ4n) is 4.43. The van der Waals surface area contributed by atoms with Crippen LogP contribution < -0.4 is 4.90 Å². The van der Waals surface area contributed by atoms with Gasteiger partial charge >= 0.3 is 0 Å². The van der Waals surface area contributed by atoms with Crippen LogP contribution in [0.5, 0.6) is 0 Å². The molecule has 1 heterocycles. The minimum absolute atomic E-state index is 0.0331. The van der Waals surface area contributed by atoms with Crippen molar-refractivity contribution in [1.82, 2.24) is 0 Å². The first kappa shape index (κ1) is 14.0. The molecule has 4 rings (SSSR count). The Kier molecular flexibility index (Phi) is 2.83. The topological polar surface area (TPSA) is 61.2 Å². The largest absolute Gasteiger partial charge is 0.274 e. The number of nitriles is 1. The highest BCUT2D eigenvalue weighted by atomic mass is 16.2. The normalized spacial score (nSPS) is 30.8. The number of imide groups is 1. The molecule has 0 aromatic heterocycles. The first-order valence-electron chi connectivity index (χ1n) is 7.78. The van der Waals surface area contributed by atoms with E-state index in [2.05, 4.69) is 18.2 Å².